The van der Waals surface area contributed by atoms with Crippen molar-refractivity contribution in [3.8, 4) is 0 Å². The molecule has 0 aromatic carbocycles. The first-order valence-corrected chi connectivity index (χ1v) is 1.43. The molecule has 0 radical (unpaired) electrons. The van der Waals surface area contributed by atoms with Crippen LogP contribution in [0.4, 0.5) is 9.59 Å². The summed E-state index contributed by atoms with van der Waals surface area (Å²) in [4.78, 5) is 24.8. The Bertz CT molecular complexity index is 102. The van der Waals surface area contributed by atoms with Gasteiger partial charge >= 0.3 is 131 Å². The SMILES string of the molecule is O=C(O)OOC(=O)O.[NaH].[NaH].[NaH].[NaH]. The molecule has 0 unspecified atom stereocenters. The van der Waals surface area contributed by atoms with Crippen LogP contribution < -0.4 is 0 Å². The molecule has 0 spiro atoms. The van der Waals surface area contributed by atoms with E-state index in [9.17, 15) is 9.59 Å². The Hall–Kier alpha value is 2.54. The van der Waals surface area contributed by atoms with Gasteiger partial charge in [0.25, 0.3) is 0 Å². The third kappa shape index (κ3) is 29.4. The Kier molecular flexibility index (Phi) is 46.8. The van der Waals surface area contributed by atoms with Crippen molar-refractivity contribution in [1.82, 2.24) is 0 Å². The molecule has 0 bridgehead atoms. The van der Waals surface area contributed by atoms with Crippen LogP contribution in [0.15, 0.2) is 0 Å². The molecular weight excluding hydrogens is 212 g/mol. The molecule has 0 atom stereocenters. The number of carbonyl (C=O) groups is 2. The van der Waals surface area contributed by atoms with E-state index in [1.807, 2.05) is 0 Å². The van der Waals surface area contributed by atoms with Gasteiger partial charge in [0, 0.05) is 0 Å². The summed E-state index contributed by atoms with van der Waals surface area (Å²) in [6, 6.07) is 0. The molecule has 0 fully saturated rings. The van der Waals surface area contributed by atoms with Gasteiger partial charge in [-0.1, -0.05) is 0 Å². The van der Waals surface area contributed by atoms with E-state index >= 15 is 0 Å². The van der Waals surface area contributed by atoms with Crippen molar-refractivity contribution in [1.29, 1.82) is 0 Å². The molecule has 0 saturated carbocycles. The van der Waals surface area contributed by atoms with E-state index in [4.69, 9.17) is 10.2 Å². The standard InChI is InChI=1S/C2H2O6.4Na.4H/c3-1(4)7-8-2(5)6;;;;;;;;/h(H,3,4)(H,5,6);;;;;;;;. The first kappa shape index (κ1) is 29.3. The summed E-state index contributed by atoms with van der Waals surface area (Å²) >= 11 is 0. The van der Waals surface area contributed by atoms with Crippen LogP contribution in [0, 0.1) is 0 Å². The first-order valence-electron chi connectivity index (χ1n) is 1.43. The summed E-state index contributed by atoms with van der Waals surface area (Å²) in [5.74, 6) is 0. The molecule has 0 rings (SSSR count). The molecule has 12 heavy (non-hydrogen) atoms. The Morgan fingerprint density at radius 2 is 0.917 bits per heavy atom. The van der Waals surface area contributed by atoms with Gasteiger partial charge in [0.05, 0.1) is 0 Å². The fourth-order valence-corrected chi connectivity index (χ4v) is 0.0713. The van der Waals surface area contributed by atoms with Crippen molar-refractivity contribution in [2.24, 2.45) is 0 Å². The van der Waals surface area contributed by atoms with E-state index < -0.39 is 12.3 Å². The Labute approximate surface area is 157 Å². The topological polar surface area (TPSA) is 93.1 Å². The van der Waals surface area contributed by atoms with Crippen molar-refractivity contribution in [3.05, 3.63) is 0 Å². The third-order valence-corrected chi connectivity index (χ3v) is 0.184. The van der Waals surface area contributed by atoms with Crippen LogP contribution >= 0.6 is 0 Å². The predicted molar refractivity (Wildman–Crippen MR) is 46.8 cm³/mol. The quantitative estimate of drug-likeness (QED) is 0.270. The van der Waals surface area contributed by atoms with Gasteiger partial charge in [-0.3, -0.25) is 0 Å². The number of rotatable bonds is 0. The Morgan fingerprint density at radius 1 is 0.750 bits per heavy atom. The zero-order chi connectivity index (χ0) is 6.57. The maximum absolute atomic E-state index is 9.29. The summed E-state index contributed by atoms with van der Waals surface area (Å²) < 4.78 is 0. The average molecular weight is 218 g/mol. The van der Waals surface area contributed by atoms with Crippen LogP contribution in [0.25, 0.3) is 0 Å². The summed E-state index contributed by atoms with van der Waals surface area (Å²) in [6.45, 7) is 0. The predicted octanol–water partition coefficient (Wildman–Crippen LogP) is -2.30. The molecule has 0 aromatic rings. The van der Waals surface area contributed by atoms with Gasteiger partial charge in [-0.2, -0.15) is 0 Å². The molecule has 54 valence electrons. The molecule has 0 aliphatic rings. The van der Waals surface area contributed by atoms with Crippen LogP contribution in [-0.4, -0.2) is 141 Å². The first-order chi connectivity index (χ1) is 3.63. The van der Waals surface area contributed by atoms with E-state index in [0.717, 1.165) is 0 Å². The van der Waals surface area contributed by atoms with Crippen LogP contribution in [-0.2, 0) is 9.78 Å². The Balaban J connectivity index is -0.0000000408. The fraction of sp³-hybridized carbons (Fsp3) is 0. The van der Waals surface area contributed by atoms with Crippen molar-refractivity contribution < 1.29 is 29.6 Å². The minimum atomic E-state index is -1.80. The third-order valence-electron chi connectivity index (χ3n) is 0.184. The second-order valence-electron chi connectivity index (χ2n) is 0.698. The molecule has 0 amide bonds. The average Bonchev–Trinajstić information content (AvgIpc) is 1.61. The molecule has 0 heterocycles. The molecule has 2 N–H and O–H groups in total. The summed E-state index contributed by atoms with van der Waals surface area (Å²) in [5, 5.41) is 15.1. The van der Waals surface area contributed by atoms with Gasteiger partial charge in [0.1, 0.15) is 0 Å². The summed E-state index contributed by atoms with van der Waals surface area (Å²) in [5.41, 5.74) is 0. The van der Waals surface area contributed by atoms with Crippen molar-refractivity contribution in [3.63, 3.8) is 0 Å². The molecule has 6 nitrogen and oxygen atoms in total. The monoisotopic (exact) mass is 218 g/mol. The van der Waals surface area contributed by atoms with Crippen molar-refractivity contribution >= 4 is 131 Å². The van der Waals surface area contributed by atoms with E-state index in [2.05, 4.69) is 9.78 Å². The summed E-state index contributed by atoms with van der Waals surface area (Å²) in [7, 11) is 0. The molecular formula is C2H6Na4O6. The number of hydrogen-bond acceptors (Lipinski definition) is 4. The van der Waals surface area contributed by atoms with Crippen LogP contribution in [0.1, 0.15) is 0 Å². The van der Waals surface area contributed by atoms with Gasteiger partial charge in [-0.25, -0.2) is 19.4 Å². The van der Waals surface area contributed by atoms with E-state index in [-0.39, 0.29) is 118 Å². The van der Waals surface area contributed by atoms with Gasteiger partial charge in [0.15, 0.2) is 0 Å². The second-order valence-corrected chi connectivity index (χ2v) is 0.698. The maximum atomic E-state index is 9.29. The summed E-state index contributed by atoms with van der Waals surface area (Å²) in [6.07, 6.45) is -3.60. The zero-order valence-corrected chi connectivity index (χ0v) is 3.53. The minimum absolute atomic E-state index is 0. The number of hydrogen-bond donors (Lipinski definition) is 2. The van der Waals surface area contributed by atoms with E-state index in [1.165, 1.54) is 0 Å². The van der Waals surface area contributed by atoms with Crippen LogP contribution in [0.5, 0.6) is 0 Å². The van der Waals surface area contributed by atoms with Gasteiger partial charge in [-0.15, -0.1) is 0 Å². The van der Waals surface area contributed by atoms with Gasteiger partial charge in [-0.05, 0) is 0 Å². The molecule has 0 saturated heterocycles. The van der Waals surface area contributed by atoms with Crippen LogP contribution in [0.2, 0.25) is 0 Å². The van der Waals surface area contributed by atoms with E-state index in [0.29, 0.717) is 0 Å². The van der Waals surface area contributed by atoms with Gasteiger partial charge < -0.3 is 10.2 Å². The zero-order valence-electron chi connectivity index (χ0n) is 3.53. The van der Waals surface area contributed by atoms with Crippen LogP contribution in [0.3, 0.4) is 0 Å². The molecule has 0 aliphatic carbocycles. The fourth-order valence-electron chi connectivity index (χ4n) is 0.0713. The number of carboxylic acid groups (broad SMARTS) is 2. The normalized spacial score (nSPS) is 5.00. The second kappa shape index (κ2) is 19.2. The van der Waals surface area contributed by atoms with E-state index in [1.54, 1.807) is 0 Å². The molecule has 0 aliphatic heterocycles. The molecule has 0 aromatic heterocycles. The van der Waals surface area contributed by atoms with Crippen molar-refractivity contribution in [2.45, 2.75) is 0 Å². The molecule has 10 heteroatoms. The van der Waals surface area contributed by atoms with Gasteiger partial charge in [0.2, 0.25) is 0 Å². The Morgan fingerprint density at radius 3 is 1.00 bits per heavy atom. The van der Waals surface area contributed by atoms with Crippen molar-refractivity contribution in [2.75, 3.05) is 0 Å².